The van der Waals surface area contributed by atoms with Crippen molar-refractivity contribution in [1.82, 2.24) is 0 Å². The van der Waals surface area contributed by atoms with E-state index in [2.05, 4.69) is 0 Å². The van der Waals surface area contributed by atoms with E-state index in [0.717, 1.165) is 12.5 Å². The van der Waals surface area contributed by atoms with Gasteiger partial charge in [-0.05, 0) is 49.0 Å². The van der Waals surface area contributed by atoms with Crippen LogP contribution >= 0.6 is 0 Å². The second-order valence-electron chi connectivity index (χ2n) is 7.58. The SMILES string of the molecule is CCOC(=O)[C@@H]1[C@H]2C3C4[C@H]3C[C@H]2[C@@H]4N1c1ccc([N+](=O)[O-])cc1[N+](=O)[O-]. The Hall–Kier alpha value is -2.71. The second kappa shape index (κ2) is 4.93. The van der Waals surface area contributed by atoms with Crippen LogP contribution in [0.3, 0.4) is 0 Å². The molecule has 0 N–H and O–H groups in total. The average Bonchev–Trinajstić information content (AvgIpc) is 2.95. The second-order valence-corrected chi connectivity index (χ2v) is 7.58. The Balaban J connectivity index is 1.61. The molecular weight excluding hydrogens is 342 g/mol. The first kappa shape index (κ1) is 15.5. The number of carbonyl (C=O) groups is 1. The maximum absolute atomic E-state index is 12.7. The highest BCUT2D eigenvalue weighted by molar-refractivity contribution is 5.85. The summed E-state index contributed by atoms with van der Waals surface area (Å²) in [6, 6.07) is 3.24. The molecule has 5 fully saturated rings. The minimum atomic E-state index is -0.649. The number of rotatable bonds is 5. The van der Waals surface area contributed by atoms with Gasteiger partial charge >= 0.3 is 5.97 Å². The van der Waals surface area contributed by atoms with Crippen LogP contribution in [0.1, 0.15) is 13.3 Å². The molecule has 0 amide bonds. The van der Waals surface area contributed by atoms with Crippen molar-refractivity contribution in [3.63, 3.8) is 0 Å². The number of carbonyl (C=O) groups excluding carboxylic acids is 1. The lowest BCUT2D eigenvalue weighted by Crippen LogP contribution is -2.48. The van der Waals surface area contributed by atoms with Crippen LogP contribution in [0.2, 0.25) is 0 Å². The van der Waals surface area contributed by atoms with Gasteiger partial charge in [0, 0.05) is 12.1 Å². The van der Waals surface area contributed by atoms with Crippen molar-refractivity contribution >= 4 is 23.0 Å². The average molecular weight is 359 g/mol. The van der Waals surface area contributed by atoms with Crippen LogP contribution in [-0.2, 0) is 9.53 Å². The van der Waals surface area contributed by atoms with Gasteiger partial charge in [0.15, 0.2) is 0 Å². The quantitative estimate of drug-likeness (QED) is 0.449. The van der Waals surface area contributed by atoms with Gasteiger partial charge in [-0.15, -0.1) is 0 Å². The minimum Gasteiger partial charge on any atom is -0.464 e. The number of benzene rings is 1. The number of ether oxygens (including phenoxy) is 1. The predicted molar refractivity (Wildman–Crippen MR) is 88.5 cm³/mol. The Morgan fingerprint density at radius 1 is 1.19 bits per heavy atom. The normalized spacial score (nSPS) is 37.7. The molecule has 1 aliphatic heterocycles. The molecular formula is C17H17N3O6. The molecule has 6 rings (SSSR count). The first-order valence-corrected chi connectivity index (χ1v) is 8.83. The maximum Gasteiger partial charge on any atom is 0.329 e. The van der Waals surface area contributed by atoms with E-state index in [-0.39, 0.29) is 35.9 Å². The topological polar surface area (TPSA) is 116 Å². The molecule has 9 heteroatoms. The van der Waals surface area contributed by atoms with E-state index in [1.807, 2.05) is 4.90 Å². The molecule has 26 heavy (non-hydrogen) atoms. The molecule has 1 saturated heterocycles. The van der Waals surface area contributed by atoms with Crippen molar-refractivity contribution in [1.29, 1.82) is 0 Å². The molecule has 0 radical (unpaired) electrons. The Morgan fingerprint density at radius 3 is 2.58 bits per heavy atom. The summed E-state index contributed by atoms with van der Waals surface area (Å²) in [6.45, 7) is 1.99. The van der Waals surface area contributed by atoms with Crippen LogP contribution in [0.4, 0.5) is 17.1 Å². The lowest BCUT2D eigenvalue weighted by molar-refractivity contribution is -0.393. The molecule has 4 saturated carbocycles. The zero-order valence-corrected chi connectivity index (χ0v) is 14.0. The number of non-ortho nitro benzene ring substituents is 1. The number of hydrogen-bond acceptors (Lipinski definition) is 7. The van der Waals surface area contributed by atoms with E-state index in [0.29, 0.717) is 29.4 Å². The molecule has 1 heterocycles. The van der Waals surface area contributed by atoms with Crippen molar-refractivity contribution in [2.24, 2.45) is 29.6 Å². The number of nitrogens with zero attached hydrogens (tertiary/aromatic N) is 3. The maximum atomic E-state index is 12.7. The standard InChI is InChI=1S/C17H17N3O6/c1-2-26-17(21)16-14-9-6-8-12(14)13(8)15(9)18(16)10-4-3-7(19(22)23)5-11(10)20(24)25/h3-5,8-9,12-16H,2,6H2,1H3/t8-,9+,12?,13?,14+,15-,16-/m0/s1. The van der Waals surface area contributed by atoms with Crippen LogP contribution in [0, 0.1) is 49.8 Å². The summed E-state index contributed by atoms with van der Waals surface area (Å²) in [5.41, 5.74) is -0.358. The van der Waals surface area contributed by atoms with Crippen molar-refractivity contribution < 1.29 is 19.4 Å². The first-order valence-electron chi connectivity index (χ1n) is 8.83. The minimum absolute atomic E-state index is 0.101. The lowest BCUT2D eigenvalue weighted by Gasteiger charge is -2.34. The summed E-state index contributed by atoms with van der Waals surface area (Å²) in [7, 11) is 0. The summed E-state index contributed by atoms with van der Waals surface area (Å²) >= 11 is 0. The first-order chi connectivity index (χ1) is 12.5. The molecule has 0 aromatic heterocycles. The Labute approximate surface area is 148 Å². The molecule has 5 aliphatic rings. The van der Waals surface area contributed by atoms with E-state index in [1.54, 1.807) is 6.92 Å². The highest BCUT2D eigenvalue weighted by Gasteiger charge is 2.81. The van der Waals surface area contributed by atoms with Gasteiger partial charge in [0.05, 0.1) is 22.5 Å². The van der Waals surface area contributed by atoms with E-state index in [1.165, 1.54) is 12.1 Å². The van der Waals surface area contributed by atoms with Gasteiger partial charge in [-0.25, -0.2) is 4.79 Å². The van der Waals surface area contributed by atoms with E-state index < -0.39 is 15.9 Å². The fourth-order valence-corrected chi connectivity index (χ4v) is 6.18. The smallest absolute Gasteiger partial charge is 0.329 e. The van der Waals surface area contributed by atoms with Crippen LogP contribution in [0.25, 0.3) is 0 Å². The third-order valence-electron chi connectivity index (χ3n) is 6.77. The van der Waals surface area contributed by atoms with Crippen molar-refractivity contribution in [2.45, 2.75) is 25.4 Å². The van der Waals surface area contributed by atoms with Crippen LogP contribution in [0.5, 0.6) is 0 Å². The number of piperidine rings is 1. The fraction of sp³-hybridized carbons (Fsp3) is 0.588. The van der Waals surface area contributed by atoms with Gasteiger partial charge in [-0.2, -0.15) is 0 Å². The molecule has 1 aromatic carbocycles. The highest BCUT2D eigenvalue weighted by atomic mass is 16.6. The summed E-state index contributed by atoms with van der Waals surface area (Å²) in [5.74, 6) is 1.85. The molecule has 1 aromatic rings. The number of nitro groups is 2. The fourth-order valence-electron chi connectivity index (χ4n) is 6.18. The highest BCUT2D eigenvalue weighted by Crippen LogP contribution is 2.79. The largest absolute Gasteiger partial charge is 0.464 e. The van der Waals surface area contributed by atoms with E-state index in [9.17, 15) is 25.0 Å². The molecule has 2 unspecified atom stereocenters. The molecule has 0 spiro atoms. The summed E-state index contributed by atoms with van der Waals surface area (Å²) < 4.78 is 5.27. The number of nitro benzene ring substituents is 2. The molecule has 9 nitrogen and oxygen atoms in total. The van der Waals surface area contributed by atoms with Crippen molar-refractivity contribution in [3.05, 3.63) is 38.4 Å². The lowest BCUT2D eigenvalue weighted by atomic mass is 9.93. The zero-order valence-electron chi connectivity index (χ0n) is 14.0. The van der Waals surface area contributed by atoms with Crippen LogP contribution < -0.4 is 4.90 Å². The third-order valence-corrected chi connectivity index (χ3v) is 6.77. The number of esters is 1. The Kier molecular flexibility index (Phi) is 2.94. The van der Waals surface area contributed by atoms with Gasteiger partial charge in [0.2, 0.25) is 0 Å². The molecule has 4 aliphatic carbocycles. The predicted octanol–water partition coefficient (Wildman–Crippen LogP) is 2.14. The Bertz CT molecular complexity index is 857. The summed E-state index contributed by atoms with van der Waals surface area (Å²) in [4.78, 5) is 35.8. The van der Waals surface area contributed by atoms with Gasteiger partial charge in [-0.3, -0.25) is 20.2 Å². The van der Waals surface area contributed by atoms with E-state index >= 15 is 0 Å². The van der Waals surface area contributed by atoms with Gasteiger partial charge in [-0.1, -0.05) is 0 Å². The molecule has 7 atom stereocenters. The molecule has 6 bridgehead atoms. The number of anilines is 1. The monoisotopic (exact) mass is 359 g/mol. The van der Waals surface area contributed by atoms with Crippen molar-refractivity contribution in [2.75, 3.05) is 11.5 Å². The Morgan fingerprint density at radius 2 is 1.96 bits per heavy atom. The van der Waals surface area contributed by atoms with E-state index in [4.69, 9.17) is 4.74 Å². The molecule has 136 valence electrons. The van der Waals surface area contributed by atoms with Gasteiger partial charge in [0.1, 0.15) is 11.7 Å². The van der Waals surface area contributed by atoms with Gasteiger partial charge < -0.3 is 9.64 Å². The summed E-state index contributed by atoms with van der Waals surface area (Å²) in [5, 5.41) is 22.6. The summed E-state index contributed by atoms with van der Waals surface area (Å²) in [6.07, 6.45) is 1.07. The van der Waals surface area contributed by atoms with Crippen LogP contribution in [0.15, 0.2) is 18.2 Å². The van der Waals surface area contributed by atoms with Gasteiger partial charge in [0.25, 0.3) is 11.4 Å². The zero-order chi connectivity index (χ0) is 18.3. The van der Waals surface area contributed by atoms with Crippen LogP contribution in [-0.4, -0.2) is 34.5 Å². The third kappa shape index (κ3) is 1.72. The van der Waals surface area contributed by atoms with Crippen molar-refractivity contribution in [3.8, 4) is 0 Å². The number of hydrogen-bond donors (Lipinski definition) is 0.